The number of nitrogens with one attached hydrogen (secondary N) is 1. The lowest BCUT2D eigenvalue weighted by molar-refractivity contribution is -0.134. The van der Waals surface area contributed by atoms with Gasteiger partial charge in [-0.2, -0.15) is 0 Å². The van der Waals surface area contributed by atoms with Crippen molar-refractivity contribution >= 4 is 23.2 Å². The minimum atomic E-state index is -0.981. The fourth-order valence-corrected chi connectivity index (χ4v) is 3.12. The zero-order chi connectivity index (χ0) is 14.8. The zero-order valence-electron chi connectivity index (χ0n) is 11.6. The molecule has 1 aromatic heterocycles. The monoisotopic (exact) mass is 298 g/mol. The molecule has 20 heavy (non-hydrogen) atoms. The van der Waals surface area contributed by atoms with Gasteiger partial charge < -0.3 is 15.2 Å². The van der Waals surface area contributed by atoms with Gasteiger partial charge in [0.25, 0.3) is 0 Å². The van der Waals surface area contributed by atoms with E-state index in [0.29, 0.717) is 17.1 Å². The molecular formula is C13H18N2O4S. The van der Waals surface area contributed by atoms with E-state index in [0.717, 1.165) is 30.6 Å². The third kappa shape index (κ3) is 3.16. The van der Waals surface area contributed by atoms with Crippen molar-refractivity contribution in [2.75, 3.05) is 7.11 Å². The molecular weight excluding hydrogens is 280 g/mol. The minimum Gasteiger partial charge on any atom is -0.477 e. The number of nitrogens with zero attached hydrogens (tertiary/aromatic N) is 1. The summed E-state index contributed by atoms with van der Waals surface area (Å²) in [7, 11) is 1.63. The second-order valence-corrected chi connectivity index (χ2v) is 6.11. The number of aromatic nitrogens is 1. The van der Waals surface area contributed by atoms with E-state index in [1.54, 1.807) is 14.0 Å². The van der Waals surface area contributed by atoms with Gasteiger partial charge >= 0.3 is 5.97 Å². The number of aromatic carboxylic acids is 1. The van der Waals surface area contributed by atoms with E-state index in [9.17, 15) is 9.59 Å². The lowest BCUT2D eigenvalue weighted by atomic mass is 9.77. The van der Waals surface area contributed by atoms with Crippen molar-refractivity contribution in [3.63, 3.8) is 0 Å². The van der Waals surface area contributed by atoms with E-state index in [1.807, 2.05) is 0 Å². The molecule has 1 aliphatic rings. The maximum Gasteiger partial charge on any atom is 0.347 e. The molecule has 0 aliphatic heterocycles. The summed E-state index contributed by atoms with van der Waals surface area (Å²) in [6, 6.07) is 0. The van der Waals surface area contributed by atoms with Crippen molar-refractivity contribution in [3.8, 4) is 0 Å². The van der Waals surface area contributed by atoms with Crippen molar-refractivity contribution in [2.45, 2.75) is 44.8 Å². The molecule has 1 aromatic rings. The molecule has 6 nitrogen and oxygen atoms in total. The molecule has 0 saturated heterocycles. The molecule has 0 aromatic carbocycles. The summed E-state index contributed by atoms with van der Waals surface area (Å²) < 4.78 is 5.40. The SMILES string of the molecule is COC1(CC(=O)NCc2nc(C)c(C(=O)O)s2)CCC1. The molecule has 0 bridgehead atoms. The average Bonchev–Trinajstić information content (AvgIpc) is 2.73. The predicted octanol–water partition coefficient (Wildman–Crippen LogP) is 1.73. The smallest absolute Gasteiger partial charge is 0.347 e. The van der Waals surface area contributed by atoms with E-state index in [4.69, 9.17) is 9.84 Å². The van der Waals surface area contributed by atoms with Gasteiger partial charge in [-0.3, -0.25) is 4.79 Å². The molecule has 1 fully saturated rings. The third-order valence-corrected chi connectivity index (χ3v) is 4.80. The second kappa shape index (κ2) is 5.88. The number of carboxylic acid groups (broad SMARTS) is 1. The van der Waals surface area contributed by atoms with Crippen molar-refractivity contribution in [1.29, 1.82) is 0 Å². The average molecular weight is 298 g/mol. The van der Waals surface area contributed by atoms with Crippen LogP contribution in [0.25, 0.3) is 0 Å². The maximum atomic E-state index is 11.9. The molecule has 110 valence electrons. The lowest BCUT2D eigenvalue weighted by Gasteiger charge is -2.39. The maximum absolute atomic E-state index is 11.9. The van der Waals surface area contributed by atoms with Crippen LogP contribution in [0, 0.1) is 6.92 Å². The number of aryl methyl sites for hydroxylation is 1. The summed E-state index contributed by atoms with van der Waals surface area (Å²) >= 11 is 1.10. The van der Waals surface area contributed by atoms with Crippen LogP contribution in [-0.2, 0) is 16.1 Å². The molecule has 1 amide bonds. The molecule has 0 spiro atoms. The standard InChI is InChI=1S/C13H18N2O4S/c1-8-11(12(17)18)20-10(15-8)7-14-9(16)6-13(19-2)4-3-5-13/h3-7H2,1-2H3,(H,14,16)(H,17,18). The van der Waals surface area contributed by atoms with Crippen LogP contribution in [0.5, 0.6) is 0 Å². The number of carbonyl (C=O) groups is 2. The van der Waals surface area contributed by atoms with Crippen LogP contribution in [0.2, 0.25) is 0 Å². The first kappa shape index (κ1) is 14.9. The molecule has 2 rings (SSSR count). The Hall–Kier alpha value is -1.47. The number of hydrogen-bond donors (Lipinski definition) is 2. The van der Waals surface area contributed by atoms with Crippen LogP contribution in [0.15, 0.2) is 0 Å². The van der Waals surface area contributed by atoms with E-state index in [-0.39, 0.29) is 22.9 Å². The van der Waals surface area contributed by atoms with Crippen LogP contribution < -0.4 is 5.32 Å². The third-order valence-electron chi connectivity index (χ3n) is 3.65. The highest BCUT2D eigenvalue weighted by atomic mass is 32.1. The Morgan fingerprint density at radius 3 is 2.65 bits per heavy atom. The zero-order valence-corrected chi connectivity index (χ0v) is 12.4. The number of carbonyl (C=O) groups excluding carboxylic acids is 1. The van der Waals surface area contributed by atoms with Gasteiger partial charge in [0.2, 0.25) is 5.91 Å². The Morgan fingerprint density at radius 2 is 2.20 bits per heavy atom. The van der Waals surface area contributed by atoms with E-state index in [1.165, 1.54) is 0 Å². The fourth-order valence-electron chi connectivity index (χ4n) is 2.28. The van der Waals surface area contributed by atoms with Gasteiger partial charge in [0, 0.05) is 7.11 Å². The van der Waals surface area contributed by atoms with E-state index < -0.39 is 5.97 Å². The fraction of sp³-hybridized carbons (Fsp3) is 0.615. The lowest BCUT2D eigenvalue weighted by Crippen LogP contribution is -2.43. The van der Waals surface area contributed by atoms with Crippen LogP contribution in [-0.4, -0.2) is 34.7 Å². The number of hydrogen-bond acceptors (Lipinski definition) is 5. The Balaban J connectivity index is 1.87. The molecule has 1 saturated carbocycles. The van der Waals surface area contributed by atoms with Gasteiger partial charge in [-0.15, -0.1) is 11.3 Å². The number of thiazole rings is 1. The van der Waals surface area contributed by atoms with Gasteiger partial charge in [-0.05, 0) is 26.2 Å². The Bertz CT molecular complexity index is 517. The number of methoxy groups -OCH3 is 1. The van der Waals surface area contributed by atoms with Crippen LogP contribution in [0.3, 0.4) is 0 Å². The molecule has 1 aliphatic carbocycles. The summed E-state index contributed by atoms with van der Waals surface area (Å²) in [4.78, 5) is 27.2. The molecule has 0 atom stereocenters. The van der Waals surface area contributed by atoms with Gasteiger partial charge in [0.1, 0.15) is 9.88 Å². The molecule has 1 heterocycles. The minimum absolute atomic E-state index is 0.0868. The molecule has 7 heteroatoms. The quantitative estimate of drug-likeness (QED) is 0.835. The van der Waals surface area contributed by atoms with E-state index in [2.05, 4.69) is 10.3 Å². The van der Waals surface area contributed by atoms with E-state index >= 15 is 0 Å². The van der Waals surface area contributed by atoms with Crippen molar-refractivity contribution in [1.82, 2.24) is 10.3 Å². The summed E-state index contributed by atoms with van der Waals surface area (Å²) in [5.74, 6) is -1.07. The number of amides is 1. The molecule has 0 unspecified atom stereocenters. The Kier molecular flexibility index (Phi) is 4.39. The largest absolute Gasteiger partial charge is 0.477 e. The predicted molar refractivity (Wildman–Crippen MR) is 73.9 cm³/mol. The van der Waals surface area contributed by atoms with Crippen LogP contribution >= 0.6 is 11.3 Å². The molecule has 0 radical (unpaired) electrons. The van der Waals surface area contributed by atoms with Gasteiger partial charge in [-0.25, -0.2) is 9.78 Å². The highest BCUT2D eigenvalue weighted by molar-refractivity contribution is 7.13. The van der Waals surface area contributed by atoms with Gasteiger partial charge in [0.05, 0.1) is 24.3 Å². The van der Waals surface area contributed by atoms with Crippen molar-refractivity contribution in [3.05, 3.63) is 15.6 Å². The Labute approximate surface area is 121 Å². The van der Waals surface area contributed by atoms with Gasteiger partial charge in [-0.1, -0.05) is 0 Å². The summed E-state index contributed by atoms with van der Waals surface area (Å²) in [5, 5.41) is 12.3. The number of rotatable bonds is 6. The van der Waals surface area contributed by atoms with Crippen molar-refractivity contribution in [2.24, 2.45) is 0 Å². The number of carboxylic acids is 1. The highest BCUT2D eigenvalue weighted by Crippen LogP contribution is 2.37. The normalized spacial score (nSPS) is 16.5. The number of ether oxygens (including phenoxy) is 1. The summed E-state index contributed by atoms with van der Waals surface area (Å²) in [6.45, 7) is 1.91. The van der Waals surface area contributed by atoms with Crippen LogP contribution in [0.4, 0.5) is 0 Å². The first-order valence-electron chi connectivity index (χ1n) is 6.47. The molecule has 2 N–H and O–H groups in total. The highest BCUT2D eigenvalue weighted by Gasteiger charge is 2.38. The summed E-state index contributed by atoms with van der Waals surface area (Å²) in [6.07, 6.45) is 3.27. The first-order chi connectivity index (χ1) is 9.46. The topological polar surface area (TPSA) is 88.5 Å². The Morgan fingerprint density at radius 1 is 1.50 bits per heavy atom. The summed E-state index contributed by atoms with van der Waals surface area (Å²) in [5.41, 5.74) is 0.189. The second-order valence-electron chi connectivity index (χ2n) is 5.02. The van der Waals surface area contributed by atoms with Crippen molar-refractivity contribution < 1.29 is 19.4 Å². The van der Waals surface area contributed by atoms with Gasteiger partial charge in [0.15, 0.2) is 0 Å². The first-order valence-corrected chi connectivity index (χ1v) is 7.29. The van der Waals surface area contributed by atoms with Crippen LogP contribution in [0.1, 0.15) is 46.1 Å².